The van der Waals surface area contributed by atoms with E-state index in [2.05, 4.69) is 17.6 Å². The number of primary amides is 1. The van der Waals surface area contributed by atoms with Crippen molar-refractivity contribution in [1.82, 2.24) is 15.5 Å². The van der Waals surface area contributed by atoms with Gasteiger partial charge in [0.15, 0.2) is 6.29 Å². The number of carbonyl (C=O) groups excluding carboxylic acids is 3. The van der Waals surface area contributed by atoms with E-state index in [1.54, 1.807) is 20.9 Å². The van der Waals surface area contributed by atoms with Crippen LogP contribution in [0.1, 0.15) is 72.1 Å². The van der Waals surface area contributed by atoms with Gasteiger partial charge in [0.25, 0.3) is 0 Å². The molecule has 228 valence electrons. The van der Waals surface area contributed by atoms with Gasteiger partial charge < -0.3 is 51.8 Å². The molecule has 0 aromatic heterocycles. The number of unbranched alkanes of at least 4 members (excludes halogenated alkanes) is 5. The van der Waals surface area contributed by atoms with E-state index in [4.69, 9.17) is 20.9 Å². The third-order valence-electron chi connectivity index (χ3n) is 7.05. The number of hydrogen-bond donors (Lipinski definition) is 7. The molecule has 0 saturated carbocycles. The molecule has 0 spiro atoms. The van der Waals surface area contributed by atoms with E-state index in [9.17, 15) is 29.7 Å². The van der Waals surface area contributed by atoms with Crippen molar-refractivity contribution in [2.45, 2.75) is 121 Å². The average molecular weight is 562 g/mol. The fourth-order valence-electron chi connectivity index (χ4n) is 4.55. The van der Waals surface area contributed by atoms with Crippen LogP contribution in [0.15, 0.2) is 0 Å². The van der Waals surface area contributed by atoms with E-state index >= 15 is 0 Å². The summed E-state index contributed by atoms with van der Waals surface area (Å²) in [6.45, 7) is 5.29. The number of aliphatic hydroxyl groups excluding tert-OH is 3. The Balaban J connectivity index is 2.84. The van der Waals surface area contributed by atoms with Crippen LogP contribution in [0.3, 0.4) is 0 Å². The number of aliphatic hydroxyl groups is 3. The summed E-state index contributed by atoms with van der Waals surface area (Å²) >= 11 is 0. The van der Waals surface area contributed by atoms with Crippen LogP contribution in [0.2, 0.25) is 0 Å². The Morgan fingerprint density at radius 1 is 1.10 bits per heavy atom. The van der Waals surface area contributed by atoms with Crippen LogP contribution in [-0.2, 0) is 23.9 Å². The highest BCUT2D eigenvalue weighted by Gasteiger charge is 2.44. The van der Waals surface area contributed by atoms with Crippen LogP contribution in [0.25, 0.3) is 0 Å². The van der Waals surface area contributed by atoms with Crippen LogP contribution >= 0.6 is 0 Å². The predicted octanol–water partition coefficient (Wildman–Crippen LogP) is -1.29. The number of carbonyl (C=O) groups is 3. The third-order valence-corrected chi connectivity index (χ3v) is 7.05. The number of nitrogens with two attached hydrogens (primary N) is 2. The second kappa shape index (κ2) is 18.5. The number of hydrogen-bond acceptors (Lipinski definition) is 10. The van der Waals surface area contributed by atoms with E-state index in [1.165, 1.54) is 24.2 Å². The van der Waals surface area contributed by atoms with Gasteiger partial charge in [-0.15, -0.1) is 0 Å². The van der Waals surface area contributed by atoms with E-state index in [1.807, 2.05) is 0 Å². The van der Waals surface area contributed by atoms with Gasteiger partial charge in [0, 0.05) is 19.5 Å². The molecule has 0 aromatic carbocycles. The molecule has 1 saturated heterocycles. The van der Waals surface area contributed by atoms with Gasteiger partial charge in [-0.25, -0.2) is 0 Å². The zero-order valence-electron chi connectivity index (χ0n) is 23.9. The summed E-state index contributed by atoms with van der Waals surface area (Å²) in [4.78, 5) is 39.4. The number of rotatable bonds is 19. The molecule has 0 radical (unpaired) electrons. The number of likely N-dealkylation sites (N-methyl/N-ethyl adjacent to an activating group) is 1. The van der Waals surface area contributed by atoms with Crippen molar-refractivity contribution in [3.63, 3.8) is 0 Å². The average Bonchev–Trinajstić information content (AvgIpc) is 2.90. The SMILES string of the molecule is CCCCCCCCNC(=O)CC[C@H](C(N)=O)N(CC(C)O[C@@H]1[C@@H](N)[C@@H](O)O[C@H](CO)[C@H]1O)C(=O)[C@H](C)NC. The van der Waals surface area contributed by atoms with Crippen molar-refractivity contribution >= 4 is 17.7 Å². The van der Waals surface area contributed by atoms with E-state index in [0.717, 1.165) is 19.3 Å². The monoisotopic (exact) mass is 561 g/mol. The molecule has 1 aliphatic heterocycles. The molecule has 1 aliphatic rings. The molecule has 9 N–H and O–H groups in total. The maximum Gasteiger partial charge on any atom is 0.240 e. The van der Waals surface area contributed by atoms with Crippen molar-refractivity contribution in [2.24, 2.45) is 11.5 Å². The van der Waals surface area contributed by atoms with Crippen molar-refractivity contribution in [3.8, 4) is 0 Å². The first kappa shape index (κ1) is 35.2. The maximum absolute atomic E-state index is 13.2. The molecular weight excluding hydrogens is 510 g/mol. The highest BCUT2D eigenvalue weighted by molar-refractivity contribution is 5.89. The fraction of sp³-hybridized carbons (Fsp3) is 0.885. The number of nitrogens with zero attached hydrogens (tertiary/aromatic N) is 1. The van der Waals surface area contributed by atoms with Crippen molar-refractivity contribution < 1.29 is 39.2 Å². The van der Waals surface area contributed by atoms with Crippen LogP contribution in [0.4, 0.5) is 0 Å². The lowest BCUT2D eigenvalue weighted by Gasteiger charge is -2.42. The summed E-state index contributed by atoms with van der Waals surface area (Å²) in [7, 11) is 1.60. The van der Waals surface area contributed by atoms with Gasteiger partial charge >= 0.3 is 0 Å². The molecule has 0 bridgehead atoms. The van der Waals surface area contributed by atoms with Crippen LogP contribution < -0.4 is 22.1 Å². The van der Waals surface area contributed by atoms with E-state index in [-0.39, 0.29) is 25.3 Å². The predicted molar refractivity (Wildman–Crippen MR) is 145 cm³/mol. The number of ether oxygens (including phenoxy) is 2. The zero-order chi connectivity index (χ0) is 29.5. The highest BCUT2D eigenvalue weighted by Crippen LogP contribution is 2.23. The first-order chi connectivity index (χ1) is 18.5. The summed E-state index contributed by atoms with van der Waals surface area (Å²) < 4.78 is 11.0. The first-order valence-electron chi connectivity index (χ1n) is 14.1. The van der Waals surface area contributed by atoms with Crippen molar-refractivity contribution in [3.05, 3.63) is 0 Å². The lowest BCUT2D eigenvalue weighted by atomic mass is 9.97. The minimum absolute atomic E-state index is 0.00428. The minimum Gasteiger partial charge on any atom is -0.394 e. The summed E-state index contributed by atoms with van der Waals surface area (Å²) in [5, 5.41) is 35.7. The molecule has 13 nitrogen and oxygen atoms in total. The Morgan fingerprint density at radius 2 is 1.74 bits per heavy atom. The fourth-order valence-corrected chi connectivity index (χ4v) is 4.55. The molecule has 0 aromatic rings. The normalized spacial score (nSPS) is 25.5. The van der Waals surface area contributed by atoms with Crippen LogP contribution in [-0.4, -0.2) is 114 Å². The Morgan fingerprint density at radius 3 is 2.33 bits per heavy atom. The van der Waals surface area contributed by atoms with Gasteiger partial charge in [0.2, 0.25) is 17.7 Å². The van der Waals surface area contributed by atoms with E-state index in [0.29, 0.717) is 6.54 Å². The molecule has 1 unspecified atom stereocenters. The standard InChI is InChI=1S/C26H51N5O8/c1-5-6-7-8-9-10-13-30-20(33)12-11-18(24(28)35)31(25(36)17(3)29-4)14-16(2)38-23-21(27)26(37)39-19(15-32)22(23)34/h16-19,21-23,26,29,32,34,37H,5-15,27H2,1-4H3,(H2,28,35)(H,30,33)/t16?,17-,18+,19+,21+,22+,23+,26-/m0/s1. The molecular formula is C26H51N5O8. The largest absolute Gasteiger partial charge is 0.394 e. The van der Waals surface area contributed by atoms with Crippen LogP contribution in [0, 0.1) is 0 Å². The van der Waals surface area contributed by atoms with Gasteiger partial charge in [-0.2, -0.15) is 0 Å². The van der Waals surface area contributed by atoms with Gasteiger partial charge in [0.1, 0.15) is 24.4 Å². The lowest BCUT2D eigenvalue weighted by molar-refractivity contribution is -0.263. The highest BCUT2D eigenvalue weighted by atomic mass is 16.6. The minimum atomic E-state index is -1.47. The number of nitrogens with one attached hydrogen (secondary N) is 2. The maximum atomic E-state index is 13.2. The van der Waals surface area contributed by atoms with E-state index < -0.39 is 67.3 Å². The number of amides is 3. The Hall–Kier alpha value is -1.87. The molecule has 39 heavy (non-hydrogen) atoms. The quantitative estimate of drug-likeness (QED) is 0.0927. The summed E-state index contributed by atoms with van der Waals surface area (Å²) in [5.74, 6) is -1.41. The molecule has 8 atom stereocenters. The first-order valence-corrected chi connectivity index (χ1v) is 14.1. The Kier molecular flexibility index (Phi) is 16.7. The van der Waals surface area contributed by atoms with Gasteiger partial charge in [0.05, 0.1) is 24.8 Å². The topological polar surface area (TPSA) is 210 Å². The Bertz CT molecular complexity index is 745. The second-order valence-electron chi connectivity index (χ2n) is 10.3. The third kappa shape index (κ3) is 11.6. The molecule has 1 fully saturated rings. The lowest BCUT2D eigenvalue weighted by Crippen LogP contribution is -2.64. The van der Waals surface area contributed by atoms with Crippen molar-refractivity contribution in [2.75, 3.05) is 26.7 Å². The summed E-state index contributed by atoms with van der Waals surface area (Å²) in [6, 6.07) is -2.85. The molecule has 0 aliphatic carbocycles. The molecule has 1 rings (SSSR count). The molecule has 1 heterocycles. The summed E-state index contributed by atoms with van der Waals surface area (Å²) in [6.07, 6.45) is 0.843. The zero-order valence-corrected chi connectivity index (χ0v) is 23.9. The van der Waals surface area contributed by atoms with Crippen LogP contribution in [0.5, 0.6) is 0 Å². The van der Waals surface area contributed by atoms with Gasteiger partial charge in [-0.3, -0.25) is 14.4 Å². The Labute approximate surface area is 231 Å². The summed E-state index contributed by atoms with van der Waals surface area (Å²) in [5.41, 5.74) is 11.6. The van der Waals surface area contributed by atoms with Crippen molar-refractivity contribution in [1.29, 1.82) is 0 Å². The molecule has 3 amide bonds. The smallest absolute Gasteiger partial charge is 0.240 e. The van der Waals surface area contributed by atoms with Gasteiger partial charge in [-0.05, 0) is 33.7 Å². The van der Waals surface area contributed by atoms with Gasteiger partial charge in [-0.1, -0.05) is 39.0 Å². The molecule has 13 heteroatoms. The second-order valence-corrected chi connectivity index (χ2v) is 10.3.